The van der Waals surface area contributed by atoms with E-state index in [2.05, 4.69) is 32.6 Å². The van der Waals surface area contributed by atoms with Gasteiger partial charge < -0.3 is 9.47 Å². The van der Waals surface area contributed by atoms with E-state index >= 15 is 0 Å². The van der Waals surface area contributed by atoms with Crippen LogP contribution < -0.4 is 0 Å². The first kappa shape index (κ1) is 16.1. The first-order valence-corrected chi connectivity index (χ1v) is 6.10. The van der Waals surface area contributed by atoms with Crippen LogP contribution in [0, 0.1) is 0 Å². The van der Waals surface area contributed by atoms with Gasteiger partial charge in [0.1, 0.15) is 0 Å². The molecule has 0 atom stereocenters. The lowest BCUT2D eigenvalue weighted by atomic mass is 10.2. The molecule has 98 valence electrons. The molecular formula is C15H26O2. The van der Waals surface area contributed by atoms with E-state index in [1.807, 2.05) is 20.8 Å². The van der Waals surface area contributed by atoms with Crippen molar-refractivity contribution in [2.24, 2.45) is 0 Å². The van der Waals surface area contributed by atoms with E-state index in [0.717, 1.165) is 12.0 Å². The van der Waals surface area contributed by atoms with Gasteiger partial charge in [-0.05, 0) is 34.6 Å². The second-order valence-corrected chi connectivity index (χ2v) is 4.48. The summed E-state index contributed by atoms with van der Waals surface area (Å²) in [6, 6.07) is 0. The van der Waals surface area contributed by atoms with E-state index in [1.54, 1.807) is 0 Å². The Labute approximate surface area is 106 Å². The van der Waals surface area contributed by atoms with Crippen LogP contribution in [-0.4, -0.2) is 19.5 Å². The third-order valence-electron chi connectivity index (χ3n) is 2.49. The van der Waals surface area contributed by atoms with Gasteiger partial charge in [0, 0.05) is 6.42 Å². The normalized spacial score (nSPS) is 14.9. The minimum absolute atomic E-state index is 0.197. The average Bonchev–Trinajstić information content (AvgIpc) is 2.30. The van der Waals surface area contributed by atoms with E-state index < -0.39 is 0 Å². The first-order valence-electron chi connectivity index (χ1n) is 6.10. The molecule has 0 radical (unpaired) electrons. The molecule has 0 saturated carbocycles. The lowest BCUT2D eigenvalue weighted by Crippen LogP contribution is -2.19. The van der Waals surface area contributed by atoms with Crippen LogP contribution in [0.15, 0.2) is 35.5 Å². The molecule has 0 aromatic rings. The second-order valence-electron chi connectivity index (χ2n) is 4.48. The quantitative estimate of drug-likeness (QED) is 0.465. The summed E-state index contributed by atoms with van der Waals surface area (Å²) >= 11 is 0. The van der Waals surface area contributed by atoms with Gasteiger partial charge in [-0.3, -0.25) is 0 Å². The van der Waals surface area contributed by atoms with Crippen LogP contribution in [0.2, 0.25) is 0 Å². The van der Waals surface area contributed by atoms with E-state index in [1.165, 1.54) is 11.1 Å². The minimum Gasteiger partial charge on any atom is -0.348 e. The number of hydrogen-bond donors (Lipinski definition) is 0. The van der Waals surface area contributed by atoms with Gasteiger partial charge in [0.05, 0.1) is 13.2 Å². The minimum atomic E-state index is -0.197. The molecule has 2 heteroatoms. The Balaban J connectivity index is 4.18. The van der Waals surface area contributed by atoms with Crippen molar-refractivity contribution in [3.8, 4) is 0 Å². The summed E-state index contributed by atoms with van der Waals surface area (Å²) in [6.07, 6.45) is 4.65. The van der Waals surface area contributed by atoms with E-state index in [-0.39, 0.29) is 6.29 Å². The molecule has 0 spiro atoms. The Morgan fingerprint density at radius 1 is 1.00 bits per heavy atom. The molecule has 0 aliphatic carbocycles. The van der Waals surface area contributed by atoms with Gasteiger partial charge in [-0.25, -0.2) is 0 Å². The molecule has 0 amide bonds. The number of rotatable bonds is 8. The molecule has 0 fully saturated rings. The maximum atomic E-state index is 5.72. The van der Waals surface area contributed by atoms with Gasteiger partial charge in [0.2, 0.25) is 0 Å². The summed E-state index contributed by atoms with van der Waals surface area (Å²) in [5.41, 5.74) is 3.50. The molecule has 2 nitrogen and oxygen atoms in total. The van der Waals surface area contributed by atoms with Crippen molar-refractivity contribution in [2.75, 3.05) is 13.2 Å². The third-order valence-corrected chi connectivity index (χ3v) is 2.49. The highest BCUT2D eigenvalue weighted by molar-refractivity contribution is 4.97. The van der Waals surface area contributed by atoms with E-state index in [4.69, 9.17) is 9.47 Å². The molecule has 0 heterocycles. The summed E-state index contributed by atoms with van der Waals surface area (Å²) in [5.74, 6) is 0. The number of allylic oxidation sites excluding steroid dienone is 2. The molecule has 17 heavy (non-hydrogen) atoms. The highest BCUT2D eigenvalue weighted by atomic mass is 16.7. The smallest absolute Gasteiger partial charge is 0.162 e. The Kier molecular flexibility index (Phi) is 8.73. The largest absolute Gasteiger partial charge is 0.348 e. The van der Waals surface area contributed by atoms with Crippen molar-refractivity contribution in [1.29, 1.82) is 0 Å². The molecule has 0 aromatic heterocycles. The molecule has 0 saturated heterocycles. The Bertz CT molecular complexity index is 265. The van der Waals surface area contributed by atoms with Crippen LogP contribution in [0.3, 0.4) is 0 Å². The Morgan fingerprint density at radius 2 is 1.41 bits per heavy atom. The average molecular weight is 238 g/mol. The van der Waals surface area contributed by atoms with Crippen molar-refractivity contribution >= 4 is 0 Å². The zero-order valence-corrected chi connectivity index (χ0v) is 11.9. The topological polar surface area (TPSA) is 18.5 Å². The monoisotopic (exact) mass is 238 g/mol. The zero-order valence-electron chi connectivity index (χ0n) is 11.9. The zero-order chi connectivity index (χ0) is 13.3. The predicted octanol–water partition coefficient (Wildman–Crippen LogP) is 4.24. The van der Waals surface area contributed by atoms with Gasteiger partial charge in [0.15, 0.2) is 6.29 Å². The highest BCUT2D eigenvalue weighted by Crippen LogP contribution is 2.11. The van der Waals surface area contributed by atoms with Crippen LogP contribution in [0.5, 0.6) is 0 Å². The SMILES string of the molecule is C=C(C)CC(OCC(C)=CC)OCC(C)=CC. The highest BCUT2D eigenvalue weighted by Gasteiger charge is 2.10. The van der Waals surface area contributed by atoms with Gasteiger partial charge in [-0.15, -0.1) is 0 Å². The molecule has 0 aliphatic rings. The first-order chi connectivity index (χ1) is 7.99. The van der Waals surface area contributed by atoms with Gasteiger partial charge in [-0.1, -0.05) is 35.5 Å². The van der Waals surface area contributed by atoms with Crippen LogP contribution in [-0.2, 0) is 9.47 Å². The van der Waals surface area contributed by atoms with Crippen molar-refractivity contribution in [3.05, 3.63) is 35.5 Å². The standard InChI is InChI=1S/C15H26O2/c1-7-13(5)10-16-15(9-12(3)4)17-11-14(6)8-2/h7-8,15H,3,9-11H2,1-2,4-6H3. The van der Waals surface area contributed by atoms with Crippen LogP contribution in [0.4, 0.5) is 0 Å². The van der Waals surface area contributed by atoms with E-state index in [0.29, 0.717) is 13.2 Å². The Morgan fingerprint density at radius 3 is 1.71 bits per heavy atom. The van der Waals surface area contributed by atoms with Gasteiger partial charge in [-0.2, -0.15) is 0 Å². The molecule has 0 rings (SSSR count). The summed E-state index contributed by atoms with van der Waals surface area (Å²) in [5, 5.41) is 0. The summed E-state index contributed by atoms with van der Waals surface area (Å²) in [6.45, 7) is 15.2. The fourth-order valence-corrected chi connectivity index (χ4v) is 1.07. The summed E-state index contributed by atoms with van der Waals surface area (Å²) in [7, 11) is 0. The van der Waals surface area contributed by atoms with Crippen molar-refractivity contribution in [2.45, 2.75) is 47.3 Å². The molecule has 0 aromatic carbocycles. The third kappa shape index (κ3) is 8.90. The van der Waals surface area contributed by atoms with Crippen LogP contribution >= 0.6 is 0 Å². The summed E-state index contributed by atoms with van der Waals surface area (Å²) < 4.78 is 11.4. The number of ether oxygens (including phenoxy) is 2. The van der Waals surface area contributed by atoms with Crippen molar-refractivity contribution in [3.63, 3.8) is 0 Å². The molecular weight excluding hydrogens is 212 g/mol. The van der Waals surface area contributed by atoms with E-state index in [9.17, 15) is 0 Å². The van der Waals surface area contributed by atoms with Gasteiger partial charge >= 0.3 is 0 Å². The lowest BCUT2D eigenvalue weighted by molar-refractivity contribution is -0.128. The summed E-state index contributed by atoms with van der Waals surface area (Å²) in [4.78, 5) is 0. The van der Waals surface area contributed by atoms with Gasteiger partial charge in [0.25, 0.3) is 0 Å². The lowest BCUT2D eigenvalue weighted by Gasteiger charge is -2.19. The number of hydrogen-bond acceptors (Lipinski definition) is 2. The van der Waals surface area contributed by atoms with Crippen molar-refractivity contribution in [1.82, 2.24) is 0 Å². The fourth-order valence-electron chi connectivity index (χ4n) is 1.07. The predicted molar refractivity (Wildman–Crippen MR) is 74.0 cm³/mol. The van der Waals surface area contributed by atoms with Crippen LogP contribution in [0.25, 0.3) is 0 Å². The Hall–Kier alpha value is -0.860. The maximum Gasteiger partial charge on any atom is 0.162 e. The second kappa shape index (κ2) is 9.20. The molecule has 0 unspecified atom stereocenters. The molecule has 0 N–H and O–H groups in total. The maximum absolute atomic E-state index is 5.72. The molecule has 0 bridgehead atoms. The fraction of sp³-hybridized carbons (Fsp3) is 0.600. The molecule has 0 aliphatic heterocycles. The van der Waals surface area contributed by atoms with Crippen molar-refractivity contribution < 1.29 is 9.47 Å². The van der Waals surface area contributed by atoms with Crippen LogP contribution in [0.1, 0.15) is 41.0 Å².